The van der Waals surface area contributed by atoms with Gasteiger partial charge in [0, 0.05) is 0 Å². The second-order valence-electron chi connectivity index (χ2n) is 16.9. The van der Waals surface area contributed by atoms with Crippen molar-refractivity contribution in [2.24, 2.45) is 0 Å². The summed E-state index contributed by atoms with van der Waals surface area (Å²) in [5.41, 5.74) is 10.1. The summed E-state index contributed by atoms with van der Waals surface area (Å²) in [5, 5.41) is 3.51. The minimum atomic E-state index is -3.24. The molecule has 0 aliphatic carbocycles. The fraction of sp³-hybridized carbons (Fsp3) is 0.133. The molecule has 0 aliphatic rings. The molecule has 3 N–H and O–H groups in total. The first-order chi connectivity index (χ1) is 35.2. The molecule has 8 rings (SSSR count). The zero-order valence-electron chi connectivity index (χ0n) is 40.7. The van der Waals surface area contributed by atoms with Crippen LogP contribution in [0.25, 0.3) is 0 Å². The number of para-hydroxylation sites is 2. The van der Waals surface area contributed by atoms with Gasteiger partial charge in [-0.3, -0.25) is 9.59 Å². The molecule has 376 valence electrons. The molecule has 0 radical (unpaired) electrons. The van der Waals surface area contributed by atoms with Gasteiger partial charge in [0.25, 0.3) is 0 Å². The molecular formula is C60H59Br2ClN2O6P2. The van der Waals surface area contributed by atoms with Crippen molar-refractivity contribution in [2.75, 3.05) is 24.3 Å². The summed E-state index contributed by atoms with van der Waals surface area (Å²) in [7, 11) is 0. The summed E-state index contributed by atoms with van der Waals surface area (Å²) in [5.74, 6) is -1.50. The van der Waals surface area contributed by atoms with Gasteiger partial charge < -0.3 is 4.74 Å². The Balaban J connectivity index is 0.000000208. The number of ether oxygens (including phenoxy) is 2. The Morgan fingerprint density at radius 2 is 0.726 bits per heavy atom. The molecule has 73 heavy (non-hydrogen) atoms. The van der Waals surface area contributed by atoms with Crippen LogP contribution in [0.1, 0.15) is 37.8 Å². The van der Waals surface area contributed by atoms with Gasteiger partial charge in [-0.15, -0.1) is 0 Å². The van der Waals surface area contributed by atoms with E-state index in [9.17, 15) is 19.2 Å². The fourth-order valence-electron chi connectivity index (χ4n) is 8.84. The summed E-state index contributed by atoms with van der Waals surface area (Å²) < 4.78 is 9.36. The van der Waals surface area contributed by atoms with Crippen LogP contribution >= 0.6 is 53.2 Å². The van der Waals surface area contributed by atoms with Crippen LogP contribution in [0.15, 0.2) is 231 Å². The molecule has 8 aromatic carbocycles. The van der Waals surface area contributed by atoms with Gasteiger partial charge in [-0.25, -0.2) is 0 Å². The third-order valence-corrected chi connectivity index (χ3v) is 31.4. The molecule has 0 bridgehead atoms. The Kier molecular flexibility index (Phi) is 20.0. The van der Waals surface area contributed by atoms with Gasteiger partial charge in [0.2, 0.25) is 5.24 Å². The Labute approximate surface area is 450 Å². The number of carbonyl (C=O) groups is 4. The van der Waals surface area contributed by atoms with E-state index in [-0.39, 0.29) is 26.1 Å². The average molecular weight is 1160 g/mol. The molecular weight excluding hydrogens is 1100 g/mol. The molecule has 0 fully saturated rings. The summed E-state index contributed by atoms with van der Waals surface area (Å²) in [6, 6.07) is 79.9. The van der Waals surface area contributed by atoms with Crippen molar-refractivity contribution < 1.29 is 28.7 Å². The van der Waals surface area contributed by atoms with Crippen LogP contribution in [0, 0.1) is 0 Å². The number of hydrogen-bond donors (Lipinski definition) is 2. The van der Waals surface area contributed by atoms with Crippen molar-refractivity contribution in [1.82, 2.24) is 0 Å². The normalized spacial score (nSPS) is 12.0. The predicted octanol–water partition coefficient (Wildman–Crippen LogP) is 12.2. The first-order valence-corrected chi connectivity index (χ1v) is 33.0. The number of benzene rings is 8. The van der Waals surface area contributed by atoms with Gasteiger partial charge in [-0.05, 0) is 18.5 Å². The van der Waals surface area contributed by atoms with Crippen molar-refractivity contribution in [2.45, 2.75) is 39.0 Å². The number of halogens is 3. The molecule has 0 heterocycles. The number of nitrogens with two attached hydrogens (primary N) is 1. The maximum atomic E-state index is 12.7. The van der Waals surface area contributed by atoms with Crippen molar-refractivity contribution in [3.63, 3.8) is 0 Å². The molecule has 8 aromatic rings. The van der Waals surface area contributed by atoms with Crippen LogP contribution in [0.3, 0.4) is 0 Å². The van der Waals surface area contributed by atoms with E-state index in [1.54, 1.807) is 13.8 Å². The number of nitrogen functional groups attached to an aromatic ring is 1. The number of hydrogen-bond acceptors (Lipinski definition) is 7. The van der Waals surface area contributed by atoms with Crippen LogP contribution in [0.4, 0.5) is 11.4 Å². The van der Waals surface area contributed by atoms with Gasteiger partial charge in [0.05, 0.1) is 6.61 Å². The molecule has 0 saturated heterocycles. The summed E-state index contributed by atoms with van der Waals surface area (Å²) in [4.78, 5) is 44.9. The Bertz CT molecular complexity index is 2870. The van der Waals surface area contributed by atoms with E-state index < -0.39 is 33.7 Å². The quantitative estimate of drug-likeness (QED) is 0.0306. The van der Waals surface area contributed by atoms with E-state index in [4.69, 9.17) is 22.1 Å². The molecule has 1 amide bonds. The first-order valence-electron chi connectivity index (χ1n) is 23.7. The van der Waals surface area contributed by atoms with Gasteiger partial charge in [-0.2, -0.15) is 0 Å². The van der Waals surface area contributed by atoms with Crippen molar-refractivity contribution >= 4 is 119 Å². The number of carbonyl (C=O) groups excluding carboxylic acids is 4. The molecule has 0 atom stereocenters. The number of amides is 1. The molecule has 8 nitrogen and oxygen atoms in total. The maximum absolute atomic E-state index is 12.7. The second-order valence-corrected chi connectivity index (χ2v) is 35.2. The Hall–Kier alpha value is -6.25. The Morgan fingerprint density at radius 1 is 0.438 bits per heavy atom. The van der Waals surface area contributed by atoms with Crippen LogP contribution < -0.4 is 42.9 Å². The molecule has 0 spiro atoms. The fourth-order valence-corrected chi connectivity index (χ4v) is 24.3. The van der Waals surface area contributed by atoms with Gasteiger partial charge in [0.15, 0.2) is 0 Å². The van der Waals surface area contributed by atoms with Crippen molar-refractivity contribution in [3.8, 4) is 0 Å². The molecule has 0 aromatic heterocycles. The standard InChI is InChI=1S/C30H29BrNO3P.C25H23BrNP.C5H7ClO3/c1-2-35-30(34)22-29(33)32-28-21-13-12-14-24(28)23-36(31,25-15-6-3-7-16-25,26-17-8-4-9-18-26)27-19-10-5-11-20-27;26-28(22-13-4-1-5-14-22,23-15-6-2-7-16-23,24-17-8-3-9-18-24)20-21-12-10-11-19-25(21)27;1-2-9-5(8)3-4(6)7/h3-21H,2,22-23H2,1H3,(H,32,33);1-19H,20,27H2;2-3H2,1H3. The van der Waals surface area contributed by atoms with E-state index >= 15 is 0 Å². The van der Waals surface area contributed by atoms with Crippen molar-refractivity contribution in [1.29, 1.82) is 0 Å². The van der Waals surface area contributed by atoms with Crippen LogP contribution in [-0.4, -0.2) is 36.3 Å². The summed E-state index contributed by atoms with van der Waals surface area (Å²) in [6.45, 7) is 3.91. The monoisotopic (exact) mass is 1160 g/mol. The third kappa shape index (κ3) is 13.3. The van der Waals surface area contributed by atoms with E-state index in [1.807, 2.05) is 54.6 Å². The molecule has 13 heteroatoms. The van der Waals surface area contributed by atoms with Gasteiger partial charge in [-0.1, -0.05) is 0 Å². The van der Waals surface area contributed by atoms with E-state index in [2.05, 4.69) is 217 Å². The number of nitrogens with one attached hydrogen (secondary N) is 1. The summed E-state index contributed by atoms with van der Waals surface area (Å²) in [6.07, 6.45) is 0.779. The molecule has 0 aliphatic heterocycles. The third-order valence-electron chi connectivity index (χ3n) is 12.2. The number of rotatable bonds is 17. The zero-order valence-corrected chi connectivity index (χ0v) is 46.5. The number of esters is 2. The number of anilines is 2. The van der Waals surface area contributed by atoms with Crippen molar-refractivity contribution in [3.05, 3.63) is 242 Å². The Morgan fingerprint density at radius 3 is 1.05 bits per heavy atom. The van der Waals surface area contributed by atoms with E-state index in [0.29, 0.717) is 11.8 Å². The van der Waals surface area contributed by atoms with Crippen LogP contribution in [-0.2, 0) is 41.0 Å². The average Bonchev–Trinajstić information content (AvgIpc) is 3.42. The minimum absolute atomic E-state index is 0.242. The zero-order chi connectivity index (χ0) is 52.2. The van der Waals surface area contributed by atoms with E-state index in [1.165, 1.54) is 31.8 Å². The predicted molar refractivity (Wildman–Crippen MR) is 315 cm³/mol. The SMILES string of the molecule is CCOC(=O)CC(=O)Cl.CCOC(=O)CC(=O)Nc1ccccc1CP(Br)(c1ccccc1)(c1ccccc1)c1ccccc1.Nc1ccccc1CP(Br)(c1ccccc1)(c1ccccc1)c1ccccc1. The van der Waals surface area contributed by atoms with Gasteiger partial charge in [0.1, 0.15) is 6.42 Å². The molecule has 0 saturated carbocycles. The topological polar surface area (TPSA) is 125 Å². The van der Waals surface area contributed by atoms with Crippen LogP contribution in [0.5, 0.6) is 0 Å². The molecule has 0 unspecified atom stereocenters. The van der Waals surface area contributed by atoms with Gasteiger partial charge >= 0.3 is 402 Å². The van der Waals surface area contributed by atoms with Crippen LogP contribution in [0.2, 0.25) is 0 Å². The van der Waals surface area contributed by atoms with E-state index in [0.717, 1.165) is 23.0 Å². The first kappa shape index (κ1) is 56.1. The summed E-state index contributed by atoms with van der Waals surface area (Å²) >= 11 is 13.8. The second kappa shape index (κ2) is 26.1.